The minimum atomic E-state index is -0.960. The van der Waals surface area contributed by atoms with Crippen LogP contribution in [0.1, 0.15) is 22.3 Å². The maximum Gasteiger partial charge on any atom is 0.336 e. The molecule has 1 aromatic carbocycles. The van der Waals surface area contributed by atoms with Crippen LogP contribution in [0.15, 0.2) is 18.2 Å². The Kier molecular flexibility index (Phi) is 5.58. The van der Waals surface area contributed by atoms with Crippen LogP contribution in [-0.2, 0) is 16.0 Å². The Morgan fingerprint density at radius 3 is 2.86 bits per heavy atom. The number of ether oxygens (including phenoxy) is 2. The number of halogens is 1. The van der Waals surface area contributed by atoms with E-state index in [-0.39, 0.29) is 17.7 Å². The molecule has 6 heteroatoms. The first-order chi connectivity index (χ1) is 10.1. The molecule has 1 N–H and O–H groups in total. The number of carboxylic acids is 1. The fourth-order valence-corrected chi connectivity index (χ4v) is 3.03. The minimum Gasteiger partial charge on any atom is -0.478 e. The molecule has 1 saturated heterocycles. The van der Waals surface area contributed by atoms with Gasteiger partial charge in [-0.3, -0.25) is 4.90 Å². The van der Waals surface area contributed by atoms with Crippen LogP contribution in [0, 0.1) is 0 Å². The van der Waals surface area contributed by atoms with Gasteiger partial charge in [0.2, 0.25) is 0 Å². The van der Waals surface area contributed by atoms with Gasteiger partial charge in [0.25, 0.3) is 0 Å². The fraction of sp³-hybridized carbons (Fsp3) is 0.533. The Bertz CT molecular complexity index is 508. The van der Waals surface area contributed by atoms with E-state index in [1.54, 1.807) is 32.4 Å². The average Bonchev–Trinajstić information content (AvgIpc) is 2.83. The van der Waals surface area contributed by atoms with Crippen molar-refractivity contribution in [1.82, 2.24) is 4.90 Å². The van der Waals surface area contributed by atoms with Gasteiger partial charge in [0.15, 0.2) is 0 Å². The normalized spacial score (nSPS) is 22.6. The van der Waals surface area contributed by atoms with Crippen molar-refractivity contribution in [3.8, 4) is 0 Å². The van der Waals surface area contributed by atoms with E-state index in [1.807, 2.05) is 0 Å². The zero-order valence-corrected chi connectivity index (χ0v) is 13.0. The highest BCUT2D eigenvalue weighted by Gasteiger charge is 2.33. The standard InChI is InChI=1S/C15H20ClNO4/c1-20-9-10-6-11(21-2)7-17(10)8-13-12(15(18)19)4-3-5-14(13)16/h3-5,10-11H,6-9H2,1-2H3,(H,18,19)/t10-,11-/m0/s1. The topological polar surface area (TPSA) is 59.0 Å². The summed E-state index contributed by atoms with van der Waals surface area (Å²) in [6.45, 7) is 1.82. The summed E-state index contributed by atoms with van der Waals surface area (Å²) >= 11 is 6.19. The van der Waals surface area contributed by atoms with Gasteiger partial charge in [-0.15, -0.1) is 0 Å². The molecule has 21 heavy (non-hydrogen) atoms. The Morgan fingerprint density at radius 2 is 2.24 bits per heavy atom. The molecule has 0 spiro atoms. The van der Waals surface area contributed by atoms with Crippen molar-refractivity contribution in [2.24, 2.45) is 0 Å². The summed E-state index contributed by atoms with van der Waals surface area (Å²) in [5.74, 6) is -0.960. The first-order valence-electron chi connectivity index (χ1n) is 6.83. The molecule has 0 bridgehead atoms. The van der Waals surface area contributed by atoms with Crippen LogP contribution in [0.4, 0.5) is 0 Å². The highest BCUT2D eigenvalue weighted by Crippen LogP contribution is 2.27. The molecule has 1 aromatic rings. The van der Waals surface area contributed by atoms with Crippen LogP contribution in [0.3, 0.4) is 0 Å². The Morgan fingerprint density at radius 1 is 1.48 bits per heavy atom. The lowest BCUT2D eigenvalue weighted by atomic mass is 10.1. The summed E-state index contributed by atoms with van der Waals surface area (Å²) < 4.78 is 10.7. The number of benzene rings is 1. The van der Waals surface area contributed by atoms with E-state index in [0.717, 1.165) is 13.0 Å². The van der Waals surface area contributed by atoms with Crippen LogP contribution in [0.5, 0.6) is 0 Å². The van der Waals surface area contributed by atoms with E-state index in [0.29, 0.717) is 23.7 Å². The largest absolute Gasteiger partial charge is 0.478 e. The van der Waals surface area contributed by atoms with Crippen LogP contribution in [-0.4, -0.2) is 55.5 Å². The lowest BCUT2D eigenvalue weighted by Gasteiger charge is -2.24. The molecule has 2 rings (SSSR count). The second kappa shape index (κ2) is 7.22. The van der Waals surface area contributed by atoms with Gasteiger partial charge in [-0.05, 0) is 24.1 Å². The van der Waals surface area contributed by atoms with Crippen LogP contribution in [0.25, 0.3) is 0 Å². The highest BCUT2D eigenvalue weighted by molar-refractivity contribution is 6.31. The molecule has 1 aliphatic heterocycles. The van der Waals surface area contributed by atoms with Crippen molar-refractivity contribution in [2.75, 3.05) is 27.4 Å². The summed E-state index contributed by atoms with van der Waals surface area (Å²) in [6.07, 6.45) is 1.01. The monoisotopic (exact) mass is 313 g/mol. The lowest BCUT2D eigenvalue weighted by Crippen LogP contribution is -2.33. The maximum atomic E-state index is 11.3. The van der Waals surface area contributed by atoms with Crippen molar-refractivity contribution in [3.05, 3.63) is 34.3 Å². The number of carboxylic acid groups (broad SMARTS) is 1. The molecule has 0 unspecified atom stereocenters. The highest BCUT2D eigenvalue weighted by atomic mass is 35.5. The van der Waals surface area contributed by atoms with Crippen LogP contribution < -0.4 is 0 Å². The second-order valence-electron chi connectivity index (χ2n) is 5.20. The zero-order chi connectivity index (χ0) is 15.4. The smallest absolute Gasteiger partial charge is 0.336 e. The Hall–Kier alpha value is -1.14. The first kappa shape index (κ1) is 16.2. The number of aromatic carboxylic acids is 1. The van der Waals surface area contributed by atoms with E-state index in [4.69, 9.17) is 21.1 Å². The molecule has 2 atom stereocenters. The molecule has 0 amide bonds. The predicted molar refractivity (Wildman–Crippen MR) is 79.9 cm³/mol. The quantitative estimate of drug-likeness (QED) is 0.873. The summed E-state index contributed by atoms with van der Waals surface area (Å²) in [5.41, 5.74) is 0.893. The Labute approximate surface area is 129 Å². The molecule has 0 aromatic heterocycles. The van der Waals surface area contributed by atoms with Crippen LogP contribution in [0.2, 0.25) is 5.02 Å². The van der Waals surface area contributed by atoms with Gasteiger partial charge in [0, 0.05) is 38.4 Å². The molecule has 116 valence electrons. The van der Waals surface area contributed by atoms with Gasteiger partial charge in [-0.2, -0.15) is 0 Å². The third-order valence-electron chi connectivity index (χ3n) is 3.89. The third kappa shape index (κ3) is 3.74. The molecular formula is C15H20ClNO4. The number of methoxy groups -OCH3 is 2. The molecule has 0 radical (unpaired) electrons. The van der Waals surface area contributed by atoms with Crippen molar-refractivity contribution in [2.45, 2.75) is 25.1 Å². The van der Waals surface area contributed by atoms with Gasteiger partial charge in [-0.25, -0.2) is 4.79 Å². The summed E-state index contributed by atoms with van der Waals surface area (Å²) in [7, 11) is 3.35. The average molecular weight is 314 g/mol. The van der Waals surface area contributed by atoms with E-state index >= 15 is 0 Å². The number of carbonyl (C=O) groups is 1. The van der Waals surface area contributed by atoms with Gasteiger partial charge in [-0.1, -0.05) is 17.7 Å². The first-order valence-corrected chi connectivity index (χ1v) is 7.21. The number of likely N-dealkylation sites (tertiary alicyclic amines) is 1. The number of nitrogens with zero attached hydrogens (tertiary/aromatic N) is 1. The zero-order valence-electron chi connectivity index (χ0n) is 12.2. The van der Waals surface area contributed by atoms with E-state index in [1.165, 1.54) is 0 Å². The summed E-state index contributed by atoms with van der Waals surface area (Å²) in [5, 5.41) is 9.78. The van der Waals surface area contributed by atoms with Gasteiger partial charge in [0.05, 0.1) is 18.3 Å². The molecule has 1 heterocycles. The van der Waals surface area contributed by atoms with E-state index in [2.05, 4.69) is 4.90 Å². The molecule has 0 saturated carbocycles. The van der Waals surface area contributed by atoms with Crippen molar-refractivity contribution in [1.29, 1.82) is 0 Å². The second-order valence-corrected chi connectivity index (χ2v) is 5.61. The fourth-order valence-electron chi connectivity index (χ4n) is 2.79. The Balaban J connectivity index is 2.22. The van der Waals surface area contributed by atoms with Gasteiger partial charge in [0.1, 0.15) is 0 Å². The van der Waals surface area contributed by atoms with E-state index < -0.39 is 5.97 Å². The van der Waals surface area contributed by atoms with E-state index in [9.17, 15) is 9.90 Å². The SMILES string of the molecule is COC[C@@H]1C[C@H](OC)CN1Cc1c(Cl)cccc1C(=O)O. The van der Waals surface area contributed by atoms with Crippen molar-refractivity contribution in [3.63, 3.8) is 0 Å². The van der Waals surface area contributed by atoms with Gasteiger partial charge < -0.3 is 14.6 Å². The van der Waals surface area contributed by atoms with Crippen molar-refractivity contribution >= 4 is 17.6 Å². The predicted octanol–water partition coefficient (Wildman–Crippen LogP) is 2.27. The number of rotatable bonds is 6. The minimum absolute atomic E-state index is 0.140. The number of hydrogen-bond acceptors (Lipinski definition) is 4. The maximum absolute atomic E-state index is 11.3. The van der Waals surface area contributed by atoms with Crippen molar-refractivity contribution < 1.29 is 19.4 Å². The number of hydrogen-bond donors (Lipinski definition) is 1. The summed E-state index contributed by atoms with van der Waals surface area (Å²) in [6, 6.07) is 5.17. The lowest BCUT2D eigenvalue weighted by molar-refractivity contribution is 0.0692. The molecular weight excluding hydrogens is 294 g/mol. The molecule has 1 fully saturated rings. The molecule has 0 aliphatic carbocycles. The third-order valence-corrected chi connectivity index (χ3v) is 4.25. The molecule has 5 nitrogen and oxygen atoms in total. The van der Waals surface area contributed by atoms with Crippen LogP contribution >= 0.6 is 11.6 Å². The van der Waals surface area contributed by atoms with Gasteiger partial charge >= 0.3 is 5.97 Å². The summed E-state index contributed by atoms with van der Waals surface area (Å²) in [4.78, 5) is 13.5. The molecule has 1 aliphatic rings.